The normalized spacial score (nSPS) is 10.5. The summed E-state index contributed by atoms with van der Waals surface area (Å²) in [5.41, 5.74) is 4.64. The van der Waals surface area contributed by atoms with Gasteiger partial charge in [0.05, 0.1) is 17.8 Å². The molecule has 0 aliphatic carbocycles. The second-order valence-electron chi connectivity index (χ2n) is 3.98. The molecule has 0 saturated heterocycles. The Morgan fingerprint density at radius 2 is 2.16 bits per heavy atom. The van der Waals surface area contributed by atoms with Crippen LogP contribution in [0.3, 0.4) is 0 Å². The number of hydrogen-bond acceptors (Lipinski definition) is 3. The molecule has 2 rings (SSSR count). The van der Waals surface area contributed by atoms with E-state index in [1.54, 1.807) is 24.0 Å². The molecule has 19 heavy (non-hydrogen) atoms. The third-order valence-corrected chi connectivity index (χ3v) is 2.68. The Morgan fingerprint density at radius 3 is 2.74 bits per heavy atom. The number of nitrogens with one attached hydrogen (secondary N) is 1. The molecule has 0 aliphatic rings. The lowest BCUT2D eigenvalue weighted by Crippen LogP contribution is -2.15. The van der Waals surface area contributed by atoms with Gasteiger partial charge in [-0.15, -0.1) is 0 Å². The van der Waals surface area contributed by atoms with Gasteiger partial charge in [0, 0.05) is 25.5 Å². The molecule has 0 bridgehead atoms. The van der Waals surface area contributed by atoms with Crippen LogP contribution < -0.4 is 11.1 Å². The number of carbonyl (C=O) groups is 1. The fourth-order valence-corrected chi connectivity index (χ4v) is 1.61. The van der Waals surface area contributed by atoms with Crippen LogP contribution in [0.2, 0.25) is 0 Å². The highest BCUT2D eigenvalue weighted by atomic mass is 19.1. The zero-order valence-corrected chi connectivity index (χ0v) is 10.2. The smallest absolute Gasteiger partial charge is 0.251 e. The summed E-state index contributed by atoms with van der Waals surface area (Å²) in [7, 11) is 1.79. The number of imidazole rings is 1. The lowest BCUT2D eigenvalue weighted by Gasteiger charge is -2.09. The first-order valence-corrected chi connectivity index (χ1v) is 5.48. The van der Waals surface area contributed by atoms with Gasteiger partial charge in [-0.2, -0.15) is 0 Å². The van der Waals surface area contributed by atoms with Crippen LogP contribution in [0.15, 0.2) is 24.5 Å². The number of aryl methyl sites for hydroxylation is 1. The highest BCUT2D eigenvalue weighted by molar-refractivity contribution is 5.94. The summed E-state index contributed by atoms with van der Waals surface area (Å²) < 4.78 is 28.6. The summed E-state index contributed by atoms with van der Waals surface area (Å²) in [6, 6.07) is 1.68. The number of carbonyl (C=O) groups excluding carboxylic acids is 1. The van der Waals surface area contributed by atoms with Gasteiger partial charge < -0.3 is 15.6 Å². The van der Waals surface area contributed by atoms with Gasteiger partial charge in [-0.3, -0.25) is 4.79 Å². The number of primary amides is 1. The Bertz CT molecular complexity index is 624. The Hall–Kier alpha value is -2.44. The summed E-state index contributed by atoms with van der Waals surface area (Å²) in [4.78, 5) is 15.0. The minimum Gasteiger partial charge on any atom is -0.375 e. The lowest BCUT2D eigenvalue weighted by molar-refractivity contribution is 0.0996. The van der Waals surface area contributed by atoms with Crippen LogP contribution in [0.4, 0.5) is 14.5 Å². The number of hydrogen-bond donors (Lipinski definition) is 2. The van der Waals surface area contributed by atoms with Gasteiger partial charge in [0.25, 0.3) is 5.91 Å². The standard InChI is InChI=1S/C12H12F2N4O/c1-18-3-2-16-11(18)6-17-10-4-7(12(15)19)8(13)5-9(10)14/h2-5,17H,6H2,1H3,(H2,15,19). The molecule has 0 saturated carbocycles. The van der Waals surface area contributed by atoms with Crippen LogP contribution in [0.5, 0.6) is 0 Å². The third-order valence-electron chi connectivity index (χ3n) is 2.68. The predicted octanol–water partition coefficient (Wildman–Crippen LogP) is 1.41. The second kappa shape index (κ2) is 5.05. The maximum absolute atomic E-state index is 13.5. The zero-order valence-electron chi connectivity index (χ0n) is 10.2. The van der Waals surface area contributed by atoms with Crippen molar-refractivity contribution in [2.75, 3.05) is 5.32 Å². The van der Waals surface area contributed by atoms with Crippen molar-refractivity contribution in [3.63, 3.8) is 0 Å². The van der Waals surface area contributed by atoms with E-state index in [1.165, 1.54) is 0 Å². The number of anilines is 1. The van der Waals surface area contributed by atoms with Gasteiger partial charge in [0.1, 0.15) is 17.5 Å². The molecular formula is C12H12F2N4O. The van der Waals surface area contributed by atoms with Crippen LogP contribution in [0, 0.1) is 11.6 Å². The number of amides is 1. The molecule has 5 nitrogen and oxygen atoms in total. The average molecular weight is 266 g/mol. The molecule has 1 aromatic carbocycles. The summed E-state index contributed by atoms with van der Waals surface area (Å²) in [6.45, 7) is 0.240. The van der Waals surface area contributed by atoms with Gasteiger partial charge in [-0.05, 0) is 6.07 Å². The first-order valence-electron chi connectivity index (χ1n) is 5.48. The van der Waals surface area contributed by atoms with Crippen LogP contribution >= 0.6 is 0 Å². The van der Waals surface area contributed by atoms with Crippen molar-refractivity contribution in [1.29, 1.82) is 0 Å². The molecule has 100 valence electrons. The Kier molecular flexibility index (Phi) is 3.46. The van der Waals surface area contributed by atoms with Crippen LogP contribution in [-0.4, -0.2) is 15.5 Å². The number of rotatable bonds is 4. The summed E-state index contributed by atoms with van der Waals surface area (Å²) in [5, 5.41) is 2.75. The van der Waals surface area contributed by atoms with Crippen molar-refractivity contribution >= 4 is 11.6 Å². The van der Waals surface area contributed by atoms with Gasteiger partial charge in [0.2, 0.25) is 0 Å². The molecule has 0 spiro atoms. The van der Waals surface area contributed by atoms with Crippen molar-refractivity contribution in [2.45, 2.75) is 6.54 Å². The summed E-state index contributed by atoms with van der Waals surface area (Å²) in [6.07, 6.45) is 3.35. The van der Waals surface area contributed by atoms with E-state index in [-0.39, 0.29) is 17.8 Å². The first kappa shape index (κ1) is 13.0. The van der Waals surface area contributed by atoms with Gasteiger partial charge in [-0.1, -0.05) is 0 Å². The highest BCUT2D eigenvalue weighted by Crippen LogP contribution is 2.19. The average Bonchev–Trinajstić information content (AvgIpc) is 2.73. The van der Waals surface area contributed by atoms with Crippen molar-refractivity contribution in [2.24, 2.45) is 12.8 Å². The molecule has 3 N–H and O–H groups in total. The van der Waals surface area contributed by atoms with Crippen LogP contribution in [-0.2, 0) is 13.6 Å². The van der Waals surface area contributed by atoms with E-state index < -0.39 is 17.5 Å². The fraction of sp³-hybridized carbons (Fsp3) is 0.167. The zero-order chi connectivity index (χ0) is 14.0. The predicted molar refractivity (Wildman–Crippen MR) is 65.4 cm³/mol. The van der Waals surface area contributed by atoms with Crippen molar-refractivity contribution in [3.8, 4) is 0 Å². The molecule has 1 amide bonds. The van der Waals surface area contributed by atoms with Gasteiger partial charge in [-0.25, -0.2) is 13.8 Å². The van der Waals surface area contributed by atoms with E-state index in [4.69, 9.17) is 5.73 Å². The number of aromatic nitrogens is 2. The number of nitrogens with zero attached hydrogens (tertiary/aromatic N) is 2. The SMILES string of the molecule is Cn1ccnc1CNc1cc(C(N)=O)c(F)cc1F. The summed E-state index contributed by atoms with van der Waals surface area (Å²) >= 11 is 0. The van der Waals surface area contributed by atoms with Crippen LogP contribution in [0.1, 0.15) is 16.2 Å². The lowest BCUT2D eigenvalue weighted by atomic mass is 10.1. The molecule has 7 heteroatoms. The third kappa shape index (κ3) is 2.70. The fourth-order valence-electron chi connectivity index (χ4n) is 1.61. The van der Waals surface area contributed by atoms with Crippen LogP contribution in [0.25, 0.3) is 0 Å². The van der Waals surface area contributed by atoms with Gasteiger partial charge >= 0.3 is 0 Å². The highest BCUT2D eigenvalue weighted by Gasteiger charge is 2.14. The molecule has 1 heterocycles. The van der Waals surface area contributed by atoms with E-state index in [1.807, 2.05) is 0 Å². The molecule has 2 aromatic rings. The number of halogens is 2. The largest absolute Gasteiger partial charge is 0.375 e. The van der Waals surface area contributed by atoms with Crippen molar-refractivity contribution in [3.05, 3.63) is 47.5 Å². The maximum Gasteiger partial charge on any atom is 0.251 e. The Morgan fingerprint density at radius 1 is 1.42 bits per heavy atom. The minimum absolute atomic E-state index is 0.00167. The molecule has 0 unspecified atom stereocenters. The second-order valence-corrected chi connectivity index (χ2v) is 3.98. The topological polar surface area (TPSA) is 72.9 Å². The molecule has 0 fully saturated rings. The van der Waals surface area contributed by atoms with E-state index in [9.17, 15) is 13.6 Å². The maximum atomic E-state index is 13.5. The molecule has 0 atom stereocenters. The Balaban J connectivity index is 2.23. The first-order chi connectivity index (χ1) is 8.99. The monoisotopic (exact) mass is 266 g/mol. The van der Waals surface area contributed by atoms with E-state index >= 15 is 0 Å². The quantitative estimate of drug-likeness (QED) is 0.878. The number of benzene rings is 1. The van der Waals surface area contributed by atoms with Crippen molar-refractivity contribution < 1.29 is 13.6 Å². The summed E-state index contributed by atoms with van der Waals surface area (Å²) in [5.74, 6) is -2.05. The minimum atomic E-state index is -0.979. The van der Waals surface area contributed by atoms with E-state index in [0.29, 0.717) is 11.9 Å². The number of nitrogens with two attached hydrogens (primary N) is 1. The Labute approximate surface area is 108 Å². The molecular weight excluding hydrogens is 254 g/mol. The van der Waals surface area contributed by atoms with E-state index in [0.717, 1.165) is 6.07 Å². The van der Waals surface area contributed by atoms with Gasteiger partial charge in [0.15, 0.2) is 0 Å². The molecule has 0 radical (unpaired) electrons. The van der Waals surface area contributed by atoms with E-state index in [2.05, 4.69) is 10.3 Å². The van der Waals surface area contributed by atoms with Crippen molar-refractivity contribution in [1.82, 2.24) is 9.55 Å². The molecule has 1 aromatic heterocycles. The molecule has 0 aliphatic heterocycles.